The average molecular weight is 381 g/mol. The highest BCUT2D eigenvalue weighted by Gasteiger charge is 2.22. The molecule has 0 radical (unpaired) electrons. The highest BCUT2D eigenvalue weighted by atomic mass is 16.5. The van der Waals surface area contributed by atoms with Crippen LogP contribution in [-0.2, 0) is 0 Å². The van der Waals surface area contributed by atoms with Crippen molar-refractivity contribution in [2.45, 2.75) is 0 Å². The molecule has 0 bridgehead atoms. The second-order valence-corrected chi connectivity index (χ2v) is 6.59. The molecule has 0 fully saturated rings. The molecule has 3 heterocycles. The lowest BCUT2D eigenvalue weighted by Gasteiger charge is -2.08. The van der Waals surface area contributed by atoms with E-state index in [-0.39, 0.29) is 5.91 Å². The molecule has 29 heavy (non-hydrogen) atoms. The molecule has 0 spiro atoms. The van der Waals surface area contributed by atoms with Crippen LogP contribution >= 0.6 is 0 Å². The number of rotatable bonds is 3. The lowest BCUT2D eigenvalue weighted by atomic mass is 10.1. The molecular weight excluding hydrogens is 366 g/mol. The first kappa shape index (κ1) is 16.8. The first-order chi connectivity index (χ1) is 14.2. The number of carbonyl (C=O) groups excluding carboxylic acids is 1. The maximum atomic E-state index is 12.3. The molecule has 2 aromatic carbocycles. The normalized spacial score (nSPS) is 12.6. The highest BCUT2D eigenvalue weighted by Crippen LogP contribution is 2.38. The summed E-state index contributed by atoms with van der Waals surface area (Å²) in [5.74, 6) is 0.958. The molecular formula is C22H15N5O2. The van der Waals surface area contributed by atoms with E-state index in [1.807, 2.05) is 24.3 Å². The van der Waals surface area contributed by atoms with Gasteiger partial charge in [-0.3, -0.25) is 4.79 Å². The van der Waals surface area contributed by atoms with Gasteiger partial charge in [-0.05, 0) is 42.5 Å². The first-order valence-corrected chi connectivity index (χ1v) is 9.04. The zero-order valence-electron chi connectivity index (χ0n) is 15.2. The summed E-state index contributed by atoms with van der Waals surface area (Å²) in [7, 11) is 0. The Morgan fingerprint density at radius 3 is 2.66 bits per heavy atom. The molecule has 0 atom stereocenters. The number of carbonyl (C=O) groups is 1. The maximum Gasteiger partial charge on any atom is 0.253 e. The predicted molar refractivity (Wildman–Crippen MR) is 109 cm³/mol. The predicted octanol–water partition coefficient (Wildman–Crippen LogP) is 4.01. The van der Waals surface area contributed by atoms with Gasteiger partial charge in [0.1, 0.15) is 5.75 Å². The first-order valence-electron chi connectivity index (χ1n) is 9.04. The lowest BCUT2D eigenvalue weighted by molar-refractivity contribution is 0.0959. The minimum absolute atomic E-state index is 0.100. The summed E-state index contributed by atoms with van der Waals surface area (Å²) < 4.78 is 5.75. The molecule has 2 aromatic heterocycles. The summed E-state index contributed by atoms with van der Waals surface area (Å²) in [6.45, 7) is 0.348. The standard InChI is InChI=1S/C22H15N5O2/c23-10-13-4-7-15(8-5-13)29-18-9-6-14(11-24-18)20-21-19-16(22(28)26-12-25-21)2-1-3-17(19)27-20/h1-9,11,25,27H,12H2,(H,26,28). The van der Waals surface area contributed by atoms with E-state index in [1.165, 1.54) is 0 Å². The SMILES string of the molecule is N#Cc1ccc(Oc2ccc(-c3[nH]c4cccc5c4c3NCNC5=O)cn2)cc1. The molecule has 7 nitrogen and oxygen atoms in total. The van der Waals surface area contributed by atoms with Gasteiger partial charge in [-0.2, -0.15) is 5.26 Å². The molecule has 0 unspecified atom stereocenters. The minimum atomic E-state index is -0.100. The van der Waals surface area contributed by atoms with Gasteiger partial charge in [0, 0.05) is 28.7 Å². The van der Waals surface area contributed by atoms with Crippen molar-refractivity contribution >= 4 is 22.5 Å². The Balaban J connectivity index is 1.49. The summed E-state index contributed by atoms with van der Waals surface area (Å²) >= 11 is 0. The molecule has 0 saturated heterocycles. The van der Waals surface area contributed by atoms with Crippen molar-refractivity contribution in [3.8, 4) is 29.0 Å². The van der Waals surface area contributed by atoms with Crippen molar-refractivity contribution < 1.29 is 9.53 Å². The molecule has 0 saturated carbocycles. The van der Waals surface area contributed by atoms with Crippen LogP contribution in [0.4, 0.5) is 5.69 Å². The topological polar surface area (TPSA) is 103 Å². The fourth-order valence-electron chi connectivity index (χ4n) is 3.45. The number of nitriles is 1. The second kappa shape index (κ2) is 6.69. The van der Waals surface area contributed by atoms with Gasteiger partial charge in [-0.25, -0.2) is 4.98 Å². The Morgan fingerprint density at radius 2 is 1.90 bits per heavy atom. The van der Waals surface area contributed by atoms with Crippen LogP contribution in [0.15, 0.2) is 60.8 Å². The van der Waals surface area contributed by atoms with E-state index in [0.717, 1.165) is 27.8 Å². The number of nitrogens with one attached hydrogen (secondary N) is 3. The number of benzene rings is 2. The van der Waals surface area contributed by atoms with Gasteiger partial charge in [-0.15, -0.1) is 0 Å². The van der Waals surface area contributed by atoms with E-state index in [9.17, 15) is 4.79 Å². The summed E-state index contributed by atoms with van der Waals surface area (Å²) in [4.78, 5) is 20.1. The van der Waals surface area contributed by atoms with Gasteiger partial charge in [0.15, 0.2) is 0 Å². The van der Waals surface area contributed by atoms with Crippen molar-refractivity contribution in [3.05, 3.63) is 71.9 Å². The fourth-order valence-corrected chi connectivity index (χ4v) is 3.45. The zero-order valence-corrected chi connectivity index (χ0v) is 15.2. The van der Waals surface area contributed by atoms with Gasteiger partial charge in [0.2, 0.25) is 5.88 Å². The molecule has 1 amide bonds. The smallest absolute Gasteiger partial charge is 0.253 e. The van der Waals surface area contributed by atoms with Crippen molar-refractivity contribution in [1.29, 1.82) is 5.26 Å². The summed E-state index contributed by atoms with van der Waals surface area (Å²) in [5.41, 5.74) is 4.70. The van der Waals surface area contributed by atoms with Gasteiger partial charge in [-0.1, -0.05) is 6.07 Å². The van der Waals surface area contributed by atoms with Crippen molar-refractivity contribution in [1.82, 2.24) is 15.3 Å². The van der Waals surface area contributed by atoms with Crippen molar-refractivity contribution in [3.63, 3.8) is 0 Å². The molecule has 1 aliphatic heterocycles. The monoisotopic (exact) mass is 381 g/mol. The molecule has 3 N–H and O–H groups in total. The number of H-pyrrole nitrogens is 1. The summed E-state index contributed by atoms with van der Waals surface area (Å²) in [6, 6.07) is 18.2. The number of aromatic nitrogens is 2. The van der Waals surface area contributed by atoms with Crippen molar-refractivity contribution in [2.75, 3.05) is 12.0 Å². The van der Waals surface area contributed by atoms with E-state index < -0.39 is 0 Å². The highest BCUT2D eigenvalue weighted by molar-refractivity contribution is 6.15. The number of aromatic amines is 1. The molecule has 140 valence electrons. The number of hydrogen-bond acceptors (Lipinski definition) is 5. The van der Waals surface area contributed by atoms with Crippen LogP contribution in [0, 0.1) is 11.3 Å². The molecule has 5 rings (SSSR count). The molecule has 1 aliphatic rings. The van der Waals surface area contributed by atoms with Crippen LogP contribution in [0.1, 0.15) is 15.9 Å². The minimum Gasteiger partial charge on any atom is -0.439 e. The summed E-state index contributed by atoms with van der Waals surface area (Å²) in [5, 5.41) is 15.9. The lowest BCUT2D eigenvalue weighted by Crippen LogP contribution is -2.26. The number of hydrogen-bond donors (Lipinski definition) is 3. The largest absolute Gasteiger partial charge is 0.439 e. The maximum absolute atomic E-state index is 12.3. The quantitative estimate of drug-likeness (QED) is 0.498. The molecule has 4 aromatic rings. The Bertz CT molecular complexity index is 1270. The molecule has 0 aliphatic carbocycles. The average Bonchev–Trinajstić information content (AvgIpc) is 3.04. The Hall–Kier alpha value is -4.31. The Morgan fingerprint density at radius 1 is 1.03 bits per heavy atom. The van der Waals surface area contributed by atoms with E-state index in [4.69, 9.17) is 10.00 Å². The number of amides is 1. The van der Waals surface area contributed by atoms with E-state index in [1.54, 1.807) is 36.5 Å². The van der Waals surface area contributed by atoms with E-state index in [0.29, 0.717) is 29.4 Å². The summed E-state index contributed by atoms with van der Waals surface area (Å²) in [6.07, 6.45) is 1.72. The van der Waals surface area contributed by atoms with Crippen LogP contribution in [-0.4, -0.2) is 22.5 Å². The van der Waals surface area contributed by atoms with Gasteiger partial charge >= 0.3 is 0 Å². The van der Waals surface area contributed by atoms with E-state index >= 15 is 0 Å². The van der Waals surface area contributed by atoms with Crippen molar-refractivity contribution in [2.24, 2.45) is 0 Å². The molecule has 7 heteroatoms. The second-order valence-electron chi connectivity index (χ2n) is 6.59. The third kappa shape index (κ3) is 2.93. The fraction of sp³-hybridized carbons (Fsp3) is 0.0455. The third-order valence-corrected chi connectivity index (χ3v) is 4.81. The number of nitrogens with zero attached hydrogens (tertiary/aromatic N) is 2. The van der Waals surface area contributed by atoms with Gasteiger partial charge in [0.05, 0.1) is 35.2 Å². The third-order valence-electron chi connectivity index (χ3n) is 4.81. The van der Waals surface area contributed by atoms with Crippen LogP contribution < -0.4 is 15.4 Å². The Kier molecular flexibility index (Phi) is 3.88. The van der Waals surface area contributed by atoms with E-state index in [2.05, 4.69) is 26.7 Å². The number of pyridine rings is 1. The zero-order chi connectivity index (χ0) is 19.8. The van der Waals surface area contributed by atoms with Gasteiger partial charge in [0.25, 0.3) is 5.91 Å². The van der Waals surface area contributed by atoms with Crippen LogP contribution in [0.5, 0.6) is 11.6 Å². The number of anilines is 1. The Labute approximate surface area is 166 Å². The van der Waals surface area contributed by atoms with Crippen LogP contribution in [0.3, 0.4) is 0 Å². The van der Waals surface area contributed by atoms with Crippen LogP contribution in [0.25, 0.3) is 22.2 Å². The number of ether oxygens (including phenoxy) is 1. The van der Waals surface area contributed by atoms with Crippen LogP contribution in [0.2, 0.25) is 0 Å². The van der Waals surface area contributed by atoms with Gasteiger partial charge < -0.3 is 20.4 Å².